The number of hydrogen-bond donors (Lipinski definition) is 1. The van der Waals surface area contributed by atoms with Crippen LogP contribution in [0.1, 0.15) is 27.7 Å². The van der Waals surface area contributed by atoms with Crippen molar-refractivity contribution in [2.75, 3.05) is 6.54 Å². The largest absolute Gasteiger partial charge is 0.329 e. The first-order valence-corrected chi connectivity index (χ1v) is 7.08. The number of hydrogen-bond acceptors (Lipinski definition) is 4. The quantitative estimate of drug-likeness (QED) is 0.920. The lowest BCUT2D eigenvalue weighted by Gasteiger charge is -2.22. The third kappa shape index (κ3) is 2.07. The van der Waals surface area contributed by atoms with Gasteiger partial charge in [0.2, 0.25) is 0 Å². The average Bonchev–Trinajstić information content (AvgIpc) is 2.96. The van der Waals surface area contributed by atoms with Gasteiger partial charge in [-0.1, -0.05) is 23.8 Å². The zero-order valence-corrected chi connectivity index (χ0v) is 11.3. The minimum Gasteiger partial charge on any atom is -0.329 e. The first-order chi connectivity index (χ1) is 8.78. The minimum absolute atomic E-state index is 0.337. The second-order valence-electron chi connectivity index (χ2n) is 4.78. The van der Waals surface area contributed by atoms with E-state index in [-0.39, 0.29) is 0 Å². The van der Waals surface area contributed by atoms with E-state index in [1.54, 1.807) is 11.3 Å². The van der Waals surface area contributed by atoms with Crippen molar-refractivity contribution in [1.82, 2.24) is 9.88 Å². The molecule has 18 heavy (non-hydrogen) atoms. The van der Waals surface area contributed by atoms with Crippen LogP contribution >= 0.6 is 11.3 Å². The molecule has 0 aliphatic carbocycles. The van der Waals surface area contributed by atoms with E-state index in [0.29, 0.717) is 12.6 Å². The molecule has 3 rings (SSSR count). The third-order valence-corrected chi connectivity index (χ3v) is 4.28. The summed E-state index contributed by atoms with van der Waals surface area (Å²) in [6.07, 6.45) is 1.87. The Morgan fingerprint density at radius 1 is 1.50 bits per heavy atom. The lowest BCUT2D eigenvalue weighted by molar-refractivity contribution is 0.210. The number of nitrogens with zero attached hydrogens (tertiary/aromatic N) is 2. The Hall–Kier alpha value is -1.23. The Kier molecular flexibility index (Phi) is 3.16. The van der Waals surface area contributed by atoms with Gasteiger partial charge >= 0.3 is 0 Å². The smallest absolute Gasteiger partial charge is 0.107 e. The molecule has 3 nitrogen and oxygen atoms in total. The summed E-state index contributed by atoms with van der Waals surface area (Å²) in [4.78, 5) is 6.78. The first kappa shape index (κ1) is 11.8. The van der Waals surface area contributed by atoms with Crippen molar-refractivity contribution < 1.29 is 0 Å². The predicted octanol–water partition coefficient (Wildman–Crippen LogP) is 2.47. The Bertz CT molecular complexity index is 536. The lowest BCUT2D eigenvalue weighted by atomic mass is 10.0. The molecule has 1 unspecified atom stereocenters. The second-order valence-corrected chi connectivity index (χ2v) is 5.76. The van der Waals surface area contributed by atoms with Crippen LogP contribution in [0.5, 0.6) is 0 Å². The van der Waals surface area contributed by atoms with Gasteiger partial charge in [0.05, 0.1) is 6.54 Å². The van der Waals surface area contributed by atoms with Crippen LogP contribution in [-0.4, -0.2) is 16.4 Å². The molecular weight excluding hydrogens is 242 g/mol. The van der Waals surface area contributed by atoms with E-state index in [2.05, 4.69) is 35.0 Å². The van der Waals surface area contributed by atoms with E-state index in [9.17, 15) is 0 Å². The average molecular weight is 259 g/mol. The summed E-state index contributed by atoms with van der Waals surface area (Å²) in [5.41, 5.74) is 10.1. The maximum atomic E-state index is 5.96. The third-order valence-electron chi connectivity index (χ3n) is 3.52. The Labute approximate surface area is 111 Å². The van der Waals surface area contributed by atoms with Crippen molar-refractivity contribution in [2.24, 2.45) is 5.73 Å². The van der Waals surface area contributed by atoms with E-state index >= 15 is 0 Å². The van der Waals surface area contributed by atoms with Crippen LogP contribution in [0.15, 0.2) is 29.8 Å². The number of benzene rings is 1. The second kappa shape index (κ2) is 4.80. The van der Waals surface area contributed by atoms with Crippen molar-refractivity contribution in [1.29, 1.82) is 0 Å². The molecule has 0 radical (unpaired) electrons. The van der Waals surface area contributed by atoms with Crippen molar-refractivity contribution in [3.05, 3.63) is 51.5 Å². The van der Waals surface area contributed by atoms with Gasteiger partial charge in [0.15, 0.2) is 0 Å². The number of aryl methyl sites for hydroxylation is 1. The molecule has 2 heterocycles. The van der Waals surface area contributed by atoms with Gasteiger partial charge in [-0.15, -0.1) is 11.3 Å². The molecule has 0 saturated heterocycles. The van der Waals surface area contributed by atoms with Crippen LogP contribution in [0, 0.1) is 6.92 Å². The SMILES string of the molecule is Cc1ccc2c(c1)C(CN)N(Cc1nccs1)C2. The fourth-order valence-electron chi connectivity index (χ4n) is 2.64. The highest BCUT2D eigenvalue weighted by atomic mass is 32.1. The fraction of sp³-hybridized carbons (Fsp3) is 0.357. The van der Waals surface area contributed by atoms with Crippen molar-refractivity contribution in [3.8, 4) is 0 Å². The highest BCUT2D eigenvalue weighted by Gasteiger charge is 2.29. The molecule has 1 aliphatic rings. The van der Waals surface area contributed by atoms with Gasteiger partial charge < -0.3 is 5.73 Å². The number of aromatic nitrogens is 1. The van der Waals surface area contributed by atoms with Gasteiger partial charge in [-0.2, -0.15) is 0 Å². The van der Waals surface area contributed by atoms with Gasteiger partial charge in [-0.25, -0.2) is 4.98 Å². The molecule has 1 aromatic carbocycles. The van der Waals surface area contributed by atoms with E-state index in [4.69, 9.17) is 5.73 Å². The summed E-state index contributed by atoms with van der Waals surface area (Å²) in [7, 11) is 0. The fourth-order valence-corrected chi connectivity index (χ4v) is 3.28. The maximum absolute atomic E-state index is 5.96. The standard InChI is InChI=1S/C14H17N3S/c1-10-2-3-11-8-17(9-14-16-4-5-18-14)13(7-15)12(11)6-10/h2-6,13H,7-9,15H2,1H3. The van der Waals surface area contributed by atoms with E-state index in [1.807, 2.05) is 11.6 Å². The molecular formula is C14H17N3S. The van der Waals surface area contributed by atoms with Gasteiger partial charge in [0, 0.05) is 30.7 Å². The Morgan fingerprint density at radius 3 is 3.11 bits per heavy atom. The monoisotopic (exact) mass is 259 g/mol. The predicted molar refractivity (Wildman–Crippen MR) is 74.3 cm³/mol. The summed E-state index contributed by atoms with van der Waals surface area (Å²) in [6.45, 7) is 4.68. The molecule has 0 bridgehead atoms. The van der Waals surface area contributed by atoms with Crippen LogP contribution in [-0.2, 0) is 13.1 Å². The summed E-state index contributed by atoms with van der Waals surface area (Å²) in [5, 5.41) is 3.19. The molecule has 0 fully saturated rings. The summed E-state index contributed by atoms with van der Waals surface area (Å²) in [5.74, 6) is 0. The molecule has 1 aromatic heterocycles. The van der Waals surface area contributed by atoms with Crippen molar-refractivity contribution in [3.63, 3.8) is 0 Å². The van der Waals surface area contributed by atoms with Crippen LogP contribution < -0.4 is 5.73 Å². The van der Waals surface area contributed by atoms with Crippen LogP contribution in [0.3, 0.4) is 0 Å². The summed E-state index contributed by atoms with van der Waals surface area (Å²) in [6, 6.07) is 7.02. The van der Waals surface area contributed by atoms with Crippen LogP contribution in [0.2, 0.25) is 0 Å². The van der Waals surface area contributed by atoms with Crippen molar-refractivity contribution >= 4 is 11.3 Å². The topological polar surface area (TPSA) is 42.1 Å². The van der Waals surface area contributed by atoms with E-state index in [0.717, 1.165) is 18.1 Å². The molecule has 2 N–H and O–H groups in total. The normalized spacial score (nSPS) is 19.1. The maximum Gasteiger partial charge on any atom is 0.107 e. The number of thiazole rings is 1. The van der Waals surface area contributed by atoms with E-state index in [1.165, 1.54) is 16.7 Å². The molecule has 1 atom stereocenters. The number of nitrogens with two attached hydrogens (primary N) is 1. The zero-order valence-electron chi connectivity index (χ0n) is 10.5. The van der Waals surface area contributed by atoms with Crippen molar-refractivity contribution in [2.45, 2.75) is 26.1 Å². The minimum atomic E-state index is 0.337. The van der Waals surface area contributed by atoms with Crippen LogP contribution in [0.4, 0.5) is 0 Å². The number of rotatable bonds is 3. The van der Waals surface area contributed by atoms with Gasteiger partial charge in [-0.3, -0.25) is 4.90 Å². The van der Waals surface area contributed by atoms with Gasteiger partial charge in [-0.05, 0) is 18.1 Å². The molecule has 0 saturated carbocycles. The highest BCUT2D eigenvalue weighted by Crippen LogP contribution is 2.34. The Balaban J connectivity index is 1.87. The molecule has 2 aromatic rings. The first-order valence-electron chi connectivity index (χ1n) is 6.20. The summed E-state index contributed by atoms with van der Waals surface area (Å²) >= 11 is 1.71. The number of fused-ring (bicyclic) bond motifs is 1. The van der Waals surface area contributed by atoms with Gasteiger partial charge in [0.1, 0.15) is 5.01 Å². The molecule has 0 spiro atoms. The summed E-state index contributed by atoms with van der Waals surface area (Å²) < 4.78 is 0. The molecule has 94 valence electrons. The zero-order chi connectivity index (χ0) is 12.5. The van der Waals surface area contributed by atoms with E-state index < -0.39 is 0 Å². The highest BCUT2D eigenvalue weighted by molar-refractivity contribution is 7.09. The lowest BCUT2D eigenvalue weighted by Crippen LogP contribution is -2.27. The van der Waals surface area contributed by atoms with Gasteiger partial charge in [0.25, 0.3) is 0 Å². The Morgan fingerprint density at radius 2 is 2.39 bits per heavy atom. The molecule has 4 heteroatoms. The molecule has 1 aliphatic heterocycles. The van der Waals surface area contributed by atoms with Crippen LogP contribution in [0.25, 0.3) is 0 Å². The molecule has 0 amide bonds.